The number of nitrogens with zero attached hydrogens (tertiary/aromatic N) is 2. The Morgan fingerprint density at radius 2 is 1.66 bits per heavy atom. The summed E-state index contributed by atoms with van der Waals surface area (Å²) in [4.78, 5) is 23.8. The third kappa shape index (κ3) is 3.34. The number of ether oxygens (including phenoxy) is 1. The van der Waals surface area contributed by atoms with Gasteiger partial charge in [-0.1, -0.05) is 54.6 Å². The van der Waals surface area contributed by atoms with Crippen LogP contribution in [0.1, 0.15) is 5.56 Å². The van der Waals surface area contributed by atoms with Crippen molar-refractivity contribution in [3.8, 4) is 17.0 Å². The fraction of sp³-hybridized carbons (Fsp3) is 0.0417. The van der Waals surface area contributed by atoms with Crippen LogP contribution in [0.15, 0.2) is 89.9 Å². The van der Waals surface area contributed by atoms with Crippen molar-refractivity contribution in [1.29, 1.82) is 0 Å². The molecule has 0 fully saturated rings. The average molecular weight is 379 g/mol. The second-order valence-corrected chi connectivity index (χ2v) is 6.75. The lowest BCUT2D eigenvalue weighted by Crippen LogP contribution is -2.02. The van der Waals surface area contributed by atoms with Crippen LogP contribution in [0.4, 0.5) is 0 Å². The Kier molecular flexibility index (Phi) is 4.26. The van der Waals surface area contributed by atoms with Gasteiger partial charge in [0.15, 0.2) is 0 Å². The van der Waals surface area contributed by atoms with Crippen molar-refractivity contribution in [3.63, 3.8) is 0 Å². The van der Waals surface area contributed by atoms with Gasteiger partial charge in [-0.05, 0) is 29.3 Å². The van der Waals surface area contributed by atoms with Gasteiger partial charge < -0.3 is 9.72 Å². The number of aromatic amines is 1. The molecule has 5 aromatic rings. The molecule has 0 aliphatic carbocycles. The van der Waals surface area contributed by atoms with E-state index in [1.54, 1.807) is 6.20 Å². The maximum absolute atomic E-state index is 11.7. The third-order valence-corrected chi connectivity index (χ3v) is 4.84. The maximum Gasteiger partial charge on any atom is 0.248 e. The summed E-state index contributed by atoms with van der Waals surface area (Å²) in [5, 5.41) is 0.956. The Morgan fingerprint density at radius 1 is 0.828 bits per heavy atom. The first-order valence-electron chi connectivity index (χ1n) is 9.33. The lowest BCUT2D eigenvalue weighted by molar-refractivity contribution is 0.294. The van der Waals surface area contributed by atoms with Crippen LogP contribution in [0.25, 0.3) is 33.1 Å². The number of benzene rings is 3. The predicted octanol–water partition coefficient (Wildman–Crippen LogP) is 4.72. The lowest BCUT2D eigenvalue weighted by Gasteiger charge is -2.11. The van der Waals surface area contributed by atoms with Gasteiger partial charge in [0, 0.05) is 22.5 Å². The van der Waals surface area contributed by atoms with Crippen LogP contribution in [-0.2, 0) is 6.61 Å². The molecule has 0 aliphatic rings. The zero-order valence-corrected chi connectivity index (χ0v) is 15.5. The van der Waals surface area contributed by atoms with Crippen LogP contribution < -0.4 is 10.3 Å². The Morgan fingerprint density at radius 3 is 2.55 bits per heavy atom. The molecule has 140 valence electrons. The molecule has 3 aromatic carbocycles. The highest BCUT2D eigenvalue weighted by molar-refractivity contribution is 6.02. The molecule has 5 heteroatoms. The molecule has 2 heterocycles. The largest absolute Gasteiger partial charge is 0.472 e. The van der Waals surface area contributed by atoms with Crippen LogP contribution in [0.5, 0.6) is 5.88 Å². The molecule has 0 atom stereocenters. The number of hydrogen-bond donors (Lipinski definition) is 1. The van der Waals surface area contributed by atoms with Crippen LogP contribution >= 0.6 is 0 Å². The Balaban J connectivity index is 1.60. The molecule has 0 saturated heterocycles. The fourth-order valence-electron chi connectivity index (χ4n) is 3.46. The SMILES string of the molecule is O=c1ccc2c(-c3cccc4ncc(OCc5ccccc5)nc34)cccc2[nH]1. The molecule has 2 aromatic heterocycles. The molecular formula is C24H17N3O2. The quantitative estimate of drug-likeness (QED) is 0.491. The van der Waals surface area contributed by atoms with E-state index in [4.69, 9.17) is 9.72 Å². The molecule has 1 N–H and O–H groups in total. The topological polar surface area (TPSA) is 67.9 Å². The van der Waals surface area contributed by atoms with Crippen LogP contribution in [0.3, 0.4) is 0 Å². The Hall–Kier alpha value is -3.99. The number of rotatable bonds is 4. The Labute approximate surface area is 166 Å². The van der Waals surface area contributed by atoms with Gasteiger partial charge in [-0.3, -0.25) is 4.79 Å². The van der Waals surface area contributed by atoms with E-state index >= 15 is 0 Å². The summed E-state index contributed by atoms with van der Waals surface area (Å²) in [5.74, 6) is 0.474. The molecule has 0 bridgehead atoms. The Bertz CT molecular complexity index is 1380. The van der Waals surface area contributed by atoms with E-state index in [0.717, 1.165) is 38.6 Å². The molecule has 5 rings (SSSR count). The van der Waals surface area contributed by atoms with Gasteiger partial charge >= 0.3 is 0 Å². The lowest BCUT2D eigenvalue weighted by atomic mass is 9.99. The summed E-state index contributed by atoms with van der Waals surface area (Å²) in [7, 11) is 0. The van der Waals surface area contributed by atoms with E-state index in [1.807, 2.05) is 72.8 Å². The number of para-hydroxylation sites is 1. The van der Waals surface area contributed by atoms with Gasteiger partial charge in [-0.15, -0.1) is 0 Å². The first-order chi connectivity index (χ1) is 14.3. The van der Waals surface area contributed by atoms with Crippen molar-refractivity contribution in [3.05, 3.63) is 101 Å². The van der Waals surface area contributed by atoms with Gasteiger partial charge in [0.2, 0.25) is 11.4 Å². The highest BCUT2D eigenvalue weighted by atomic mass is 16.5. The summed E-state index contributed by atoms with van der Waals surface area (Å²) < 4.78 is 5.87. The van der Waals surface area contributed by atoms with Crippen LogP contribution in [0.2, 0.25) is 0 Å². The first kappa shape index (κ1) is 17.1. The maximum atomic E-state index is 11.7. The third-order valence-electron chi connectivity index (χ3n) is 4.84. The summed E-state index contributed by atoms with van der Waals surface area (Å²) in [6.07, 6.45) is 1.65. The molecule has 0 aliphatic heterocycles. The van der Waals surface area contributed by atoms with E-state index in [2.05, 4.69) is 9.97 Å². The minimum Gasteiger partial charge on any atom is -0.472 e. The first-order valence-corrected chi connectivity index (χ1v) is 9.33. The van der Waals surface area contributed by atoms with Gasteiger partial charge in [-0.25, -0.2) is 9.97 Å². The smallest absolute Gasteiger partial charge is 0.248 e. The standard InChI is InChI=1S/C24H17N3O2/c28-22-13-12-18-17(8-4-10-20(18)26-22)19-9-5-11-21-24(19)27-23(14-25-21)29-15-16-6-2-1-3-7-16/h1-14H,15H2,(H,26,28). The second kappa shape index (κ2) is 7.20. The zero-order chi connectivity index (χ0) is 19.6. The zero-order valence-electron chi connectivity index (χ0n) is 15.5. The van der Waals surface area contributed by atoms with Gasteiger partial charge in [0.1, 0.15) is 12.1 Å². The van der Waals surface area contributed by atoms with Crippen LogP contribution in [0, 0.1) is 0 Å². The molecule has 0 unspecified atom stereocenters. The summed E-state index contributed by atoms with van der Waals surface area (Å²) in [5.41, 5.74) is 5.21. The van der Waals surface area contributed by atoms with E-state index in [0.29, 0.717) is 12.5 Å². The van der Waals surface area contributed by atoms with Crippen molar-refractivity contribution < 1.29 is 4.74 Å². The minimum absolute atomic E-state index is 0.121. The predicted molar refractivity (Wildman–Crippen MR) is 114 cm³/mol. The van der Waals surface area contributed by atoms with Crippen molar-refractivity contribution >= 4 is 21.9 Å². The molecular weight excluding hydrogens is 362 g/mol. The van der Waals surface area contributed by atoms with Gasteiger partial charge in [-0.2, -0.15) is 0 Å². The molecule has 0 radical (unpaired) electrons. The number of hydrogen-bond acceptors (Lipinski definition) is 4. The highest BCUT2D eigenvalue weighted by Gasteiger charge is 2.11. The van der Waals surface area contributed by atoms with E-state index in [1.165, 1.54) is 6.07 Å². The van der Waals surface area contributed by atoms with E-state index < -0.39 is 0 Å². The highest BCUT2D eigenvalue weighted by Crippen LogP contribution is 2.32. The summed E-state index contributed by atoms with van der Waals surface area (Å²) in [6, 6.07) is 25.1. The van der Waals surface area contributed by atoms with E-state index in [9.17, 15) is 4.79 Å². The number of fused-ring (bicyclic) bond motifs is 2. The minimum atomic E-state index is -0.121. The number of aromatic nitrogens is 3. The average Bonchev–Trinajstić information content (AvgIpc) is 2.77. The van der Waals surface area contributed by atoms with Crippen molar-refractivity contribution in [2.24, 2.45) is 0 Å². The van der Waals surface area contributed by atoms with Gasteiger partial charge in [0.05, 0.1) is 11.7 Å². The van der Waals surface area contributed by atoms with Crippen molar-refractivity contribution in [2.45, 2.75) is 6.61 Å². The summed E-state index contributed by atoms with van der Waals surface area (Å²) >= 11 is 0. The molecule has 0 saturated carbocycles. The van der Waals surface area contributed by atoms with Gasteiger partial charge in [0.25, 0.3) is 0 Å². The molecule has 29 heavy (non-hydrogen) atoms. The van der Waals surface area contributed by atoms with Crippen molar-refractivity contribution in [2.75, 3.05) is 0 Å². The number of H-pyrrole nitrogens is 1. The second-order valence-electron chi connectivity index (χ2n) is 6.75. The van der Waals surface area contributed by atoms with E-state index in [-0.39, 0.29) is 5.56 Å². The monoisotopic (exact) mass is 379 g/mol. The molecule has 0 spiro atoms. The molecule has 5 nitrogen and oxygen atoms in total. The number of nitrogens with one attached hydrogen (secondary N) is 1. The summed E-state index contributed by atoms with van der Waals surface area (Å²) in [6.45, 7) is 0.429. The van der Waals surface area contributed by atoms with Crippen LogP contribution in [-0.4, -0.2) is 15.0 Å². The molecule has 0 amide bonds. The fourth-order valence-corrected chi connectivity index (χ4v) is 3.46. The number of pyridine rings is 1. The van der Waals surface area contributed by atoms with Crippen molar-refractivity contribution in [1.82, 2.24) is 15.0 Å². The normalized spacial score (nSPS) is 11.0.